The minimum absolute atomic E-state index is 0.142. The lowest BCUT2D eigenvalue weighted by atomic mass is 10.2. The van der Waals surface area contributed by atoms with Crippen molar-refractivity contribution in [1.82, 2.24) is 0 Å². The quantitative estimate of drug-likeness (QED) is 0.616. The normalized spacial score (nSPS) is 11.5. The van der Waals surface area contributed by atoms with Crippen molar-refractivity contribution in [2.75, 3.05) is 17.7 Å². The number of amides is 1. The van der Waals surface area contributed by atoms with Crippen LogP contribution >= 0.6 is 0 Å². The second-order valence-electron chi connectivity index (χ2n) is 5.48. The van der Waals surface area contributed by atoms with Crippen molar-refractivity contribution in [3.8, 4) is 5.75 Å². The summed E-state index contributed by atoms with van der Waals surface area (Å²) in [4.78, 5) is 22.2. The van der Waals surface area contributed by atoms with Crippen LogP contribution in [0, 0.1) is 22.9 Å². The molecule has 2 aromatic rings. The van der Waals surface area contributed by atoms with Gasteiger partial charge in [0.05, 0.1) is 17.7 Å². The van der Waals surface area contributed by atoms with Crippen LogP contribution in [-0.2, 0) is 4.79 Å². The predicted octanol–water partition coefficient (Wildman–Crippen LogP) is 3.49. The molecule has 0 heterocycles. The molecule has 0 unspecified atom stereocenters. The van der Waals surface area contributed by atoms with Gasteiger partial charge >= 0.3 is 5.69 Å². The van der Waals surface area contributed by atoms with Gasteiger partial charge in [-0.3, -0.25) is 14.9 Å². The van der Waals surface area contributed by atoms with Gasteiger partial charge in [0, 0.05) is 11.8 Å². The third-order valence-electron chi connectivity index (χ3n) is 3.53. The largest absolute Gasteiger partial charge is 0.495 e. The first-order chi connectivity index (χ1) is 11.8. The number of halogens is 1. The lowest BCUT2D eigenvalue weighted by Crippen LogP contribution is -2.32. The molecule has 0 aromatic heterocycles. The van der Waals surface area contributed by atoms with Crippen LogP contribution < -0.4 is 15.4 Å². The van der Waals surface area contributed by atoms with E-state index >= 15 is 0 Å². The number of benzene rings is 2. The van der Waals surface area contributed by atoms with E-state index in [-0.39, 0.29) is 5.69 Å². The van der Waals surface area contributed by atoms with Crippen LogP contribution in [0.1, 0.15) is 12.5 Å². The Morgan fingerprint density at radius 1 is 1.28 bits per heavy atom. The first kappa shape index (κ1) is 18.2. The Labute approximate surface area is 144 Å². The highest BCUT2D eigenvalue weighted by Crippen LogP contribution is 2.26. The SMILES string of the molecule is COc1ccc(C)cc1N[C@@H](C)C(=O)Nc1ccc(F)c([N+](=O)[O-])c1. The Hall–Kier alpha value is -3.16. The maximum absolute atomic E-state index is 13.3. The number of carbonyl (C=O) groups excluding carboxylic acids is 1. The number of hydrogen-bond donors (Lipinski definition) is 2. The number of ether oxygens (including phenoxy) is 1. The summed E-state index contributed by atoms with van der Waals surface area (Å²) in [5.74, 6) is -0.800. The fourth-order valence-electron chi connectivity index (χ4n) is 2.21. The molecule has 132 valence electrons. The van der Waals surface area contributed by atoms with E-state index in [0.717, 1.165) is 17.7 Å². The summed E-state index contributed by atoms with van der Waals surface area (Å²) in [6.45, 7) is 3.54. The molecule has 0 aliphatic carbocycles. The molecule has 0 saturated heterocycles. The molecule has 0 fully saturated rings. The summed E-state index contributed by atoms with van der Waals surface area (Å²) < 4.78 is 18.6. The lowest BCUT2D eigenvalue weighted by molar-refractivity contribution is -0.387. The third-order valence-corrected chi connectivity index (χ3v) is 3.53. The Kier molecular flexibility index (Phi) is 5.53. The fraction of sp³-hybridized carbons (Fsp3) is 0.235. The minimum Gasteiger partial charge on any atom is -0.495 e. The van der Waals surface area contributed by atoms with E-state index in [0.29, 0.717) is 11.4 Å². The van der Waals surface area contributed by atoms with Crippen molar-refractivity contribution >= 4 is 23.0 Å². The van der Waals surface area contributed by atoms with E-state index < -0.39 is 28.4 Å². The van der Waals surface area contributed by atoms with E-state index in [1.807, 2.05) is 19.1 Å². The molecule has 2 rings (SSSR count). The molecular weight excluding hydrogens is 329 g/mol. The van der Waals surface area contributed by atoms with Gasteiger partial charge in [-0.25, -0.2) is 0 Å². The molecule has 1 atom stereocenters. The Bertz CT molecular complexity index is 810. The number of hydrogen-bond acceptors (Lipinski definition) is 5. The summed E-state index contributed by atoms with van der Waals surface area (Å²) in [5.41, 5.74) is 1.09. The van der Waals surface area contributed by atoms with Crippen LogP contribution in [0.2, 0.25) is 0 Å². The van der Waals surface area contributed by atoms with E-state index in [1.54, 1.807) is 13.0 Å². The summed E-state index contributed by atoms with van der Waals surface area (Å²) in [6.07, 6.45) is 0. The topological polar surface area (TPSA) is 93.5 Å². The number of aryl methyl sites for hydroxylation is 1. The van der Waals surface area contributed by atoms with Crippen LogP contribution in [0.4, 0.5) is 21.5 Å². The molecular formula is C17H18FN3O4. The first-order valence-electron chi connectivity index (χ1n) is 7.48. The molecule has 1 amide bonds. The van der Waals surface area contributed by atoms with Gasteiger partial charge in [-0.15, -0.1) is 0 Å². The van der Waals surface area contributed by atoms with E-state index in [2.05, 4.69) is 10.6 Å². The summed E-state index contributed by atoms with van der Waals surface area (Å²) in [6, 6.07) is 8.03. The zero-order valence-corrected chi connectivity index (χ0v) is 14.0. The van der Waals surface area contributed by atoms with Crippen molar-refractivity contribution in [2.24, 2.45) is 0 Å². The lowest BCUT2D eigenvalue weighted by Gasteiger charge is -2.18. The summed E-state index contributed by atoms with van der Waals surface area (Å²) >= 11 is 0. The third kappa shape index (κ3) is 4.43. The van der Waals surface area contributed by atoms with Gasteiger partial charge in [0.1, 0.15) is 11.8 Å². The molecule has 2 aromatic carbocycles. The number of nitro groups is 1. The van der Waals surface area contributed by atoms with E-state index in [4.69, 9.17) is 4.74 Å². The van der Waals surface area contributed by atoms with Gasteiger partial charge < -0.3 is 15.4 Å². The van der Waals surface area contributed by atoms with Gasteiger partial charge in [-0.1, -0.05) is 6.07 Å². The van der Waals surface area contributed by atoms with E-state index in [1.165, 1.54) is 13.2 Å². The van der Waals surface area contributed by atoms with Crippen molar-refractivity contribution in [3.05, 3.63) is 57.9 Å². The van der Waals surface area contributed by atoms with Gasteiger partial charge in [-0.05, 0) is 43.7 Å². The number of nitro benzene ring substituents is 1. The highest BCUT2D eigenvalue weighted by Gasteiger charge is 2.18. The van der Waals surface area contributed by atoms with Gasteiger partial charge in [0.15, 0.2) is 0 Å². The average molecular weight is 347 g/mol. The molecule has 0 saturated carbocycles. The molecule has 0 radical (unpaired) electrons. The Morgan fingerprint density at radius 3 is 2.64 bits per heavy atom. The molecule has 25 heavy (non-hydrogen) atoms. The standard InChI is InChI=1S/C17H18FN3O4/c1-10-4-7-16(25-3)14(8-10)19-11(2)17(22)20-12-5-6-13(18)15(9-12)21(23)24/h4-9,11,19H,1-3H3,(H,20,22)/t11-/m0/s1. The predicted molar refractivity (Wildman–Crippen MR) is 92.5 cm³/mol. The van der Waals surface area contributed by atoms with Gasteiger partial charge in [-0.2, -0.15) is 4.39 Å². The smallest absolute Gasteiger partial charge is 0.306 e. The maximum Gasteiger partial charge on any atom is 0.306 e. The molecule has 0 bridgehead atoms. The number of anilines is 2. The van der Waals surface area contributed by atoms with Crippen LogP contribution in [0.15, 0.2) is 36.4 Å². The van der Waals surface area contributed by atoms with Gasteiger partial charge in [0.25, 0.3) is 0 Å². The Balaban J connectivity index is 2.12. The molecule has 2 N–H and O–H groups in total. The van der Waals surface area contributed by atoms with Crippen molar-refractivity contribution in [1.29, 1.82) is 0 Å². The number of carbonyl (C=O) groups is 1. The highest BCUT2D eigenvalue weighted by molar-refractivity contribution is 5.96. The second-order valence-corrected chi connectivity index (χ2v) is 5.48. The molecule has 0 aliphatic heterocycles. The molecule has 7 nitrogen and oxygen atoms in total. The van der Waals surface area contributed by atoms with Crippen molar-refractivity contribution < 1.29 is 18.8 Å². The van der Waals surface area contributed by atoms with Gasteiger partial charge in [0.2, 0.25) is 11.7 Å². The summed E-state index contributed by atoms with van der Waals surface area (Å²) in [5, 5.41) is 16.3. The number of nitrogens with zero attached hydrogens (tertiary/aromatic N) is 1. The first-order valence-corrected chi connectivity index (χ1v) is 7.48. The highest BCUT2D eigenvalue weighted by atomic mass is 19.1. The average Bonchev–Trinajstić information content (AvgIpc) is 2.56. The number of rotatable bonds is 6. The maximum atomic E-state index is 13.3. The zero-order chi connectivity index (χ0) is 18.6. The van der Waals surface area contributed by atoms with Crippen LogP contribution in [0.3, 0.4) is 0 Å². The summed E-state index contributed by atoms with van der Waals surface area (Å²) in [7, 11) is 1.53. The Morgan fingerprint density at radius 2 is 2.00 bits per heavy atom. The van der Waals surface area contributed by atoms with Crippen LogP contribution in [0.5, 0.6) is 5.75 Å². The van der Waals surface area contributed by atoms with Crippen LogP contribution in [0.25, 0.3) is 0 Å². The zero-order valence-electron chi connectivity index (χ0n) is 14.0. The minimum atomic E-state index is -0.960. The number of methoxy groups -OCH3 is 1. The fourth-order valence-corrected chi connectivity index (χ4v) is 2.21. The van der Waals surface area contributed by atoms with E-state index in [9.17, 15) is 19.3 Å². The number of nitrogens with one attached hydrogen (secondary N) is 2. The van der Waals surface area contributed by atoms with Crippen LogP contribution in [-0.4, -0.2) is 24.0 Å². The van der Waals surface area contributed by atoms with Crippen molar-refractivity contribution in [3.63, 3.8) is 0 Å². The molecule has 0 aliphatic rings. The van der Waals surface area contributed by atoms with Crippen molar-refractivity contribution in [2.45, 2.75) is 19.9 Å². The monoisotopic (exact) mass is 347 g/mol. The molecule has 8 heteroatoms. The molecule has 0 spiro atoms. The second kappa shape index (κ2) is 7.61.